The SMILES string of the molecule is C=C/C=C(/CN(CC)/C(Cc1ccccc1)=C(/C)OC(CC)CNCc1ccccc1)NC.CC.CC(C)C. The van der Waals surface area contributed by atoms with Crippen molar-refractivity contribution in [2.75, 3.05) is 26.7 Å². The fourth-order valence-corrected chi connectivity index (χ4v) is 3.77. The maximum Gasteiger partial charge on any atom is 0.113 e. The first-order valence-electron chi connectivity index (χ1n) is 14.7. The Morgan fingerprint density at radius 3 is 1.95 bits per heavy atom. The van der Waals surface area contributed by atoms with E-state index in [0.29, 0.717) is 0 Å². The Morgan fingerprint density at radius 1 is 0.949 bits per heavy atom. The summed E-state index contributed by atoms with van der Waals surface area (Å²) in [4.78, 5) is 2.39. The van der Waals surface area contributed by atoms with Gasteiger partial charge < -0.3 is 20.3 Å². The molecule has 0 bridgehead atoms. The molecule has 2 aromatic rings. The van der Waals surface area contributed by atoms with Gasteiger partial charge in [0, 0.05) is 38.8 Å². The van der Waals surface area contributed by atoms with E-state index >= 15 is 0 Å². The summed E-state index contributed by atoms with van der Waals surface area (Å²) in [6.45, 7) is 24.2. The van der Waals surface area contributed by atoms with Crippen molar-refractivity contribution in [3.63, 3.8) is 0 Å². The first-order valence-corrected chi connectivity index (χ1v) is 14.7. The van der Waals surface area contributed by atoms with Crippen LogP contribution in [0.2, 0.25) is 0 Å². The second-order valence-electron chi connectivity index (χ2n) is 9.85. The van der Waals surface area contributed by atoms with Crippen LogP contribution in [0.1, 0.15) is 72.9 Å². The second-order valence-corrected chi connectivity index (χ2v) is 9.85. The Kier molecular flexibility index (Phi) is 21.2. The third-order valence-corrected chi connectivity index (χ3v) is 5.73. The number of hydrogen-bond donors (Lipinski definition) is 2. The van der Waals surface area contributed by atoms with Crippen LogP contribution < -0.4 is 10.6 Å². The van der Waals surface area contributed by atoms with Gasteiger partial charge in [-0.2, -0.15) is 0 Å². The Labute approximate surface area is 241 Å². The van der Waals surface area contributed by atoms with Gasteiger partial charge in [-0.15, -0.1) is 0 Å². The molecular weight excluding hydrogens is 478 g/mol. The number of rotatable bonds is 15. The fourth-order valence-electron chi connectivity index (χ4n) is 3.77. The molecule has 1 atom stereocenters. The smallest absolute Gasteiger partial charge is 0.113 e. The predicted molar refractivity (Wildman–Crippen MR) is 173 cm³/mol. The topological polar surface area (TPSA) is 36.5 Å². The third-order valence-electron chi connectivity index (χ3n) is 5.73. The maximum atomic E-state index is 6.55. The molecule has 0 aliphatic heterocycles. The molecule has 0 aliphatic carbocycles. The van der Waals surface area contributed by atoms with Crippen molar-refractivity contribution < 1.29 is 4.74 Å². The van der Waals surface area contributed by atoms with Gasteiger partial charge in [0.25, 0.3) is 0 Å². The van der Waals surface area contributed by atoms with Gasteiger partial charge in [-0.25, -0.2) is 0 Å². The molecule has 2 N–H and O–H groups in total. The summed E-state index contributed by atoms with van der Waals surface area (Å²) in [5.41, 5.74) is 4.91. The van der Waals surface area contributed by atoms with Gasteiger partial charge in [0.15, 0.2) is 0 Å². The minimum absolute atomic E-state index is 0.116. The first-order chi connectivity index (χ1) is 18.8. The summed E-state index contributed by atoms with van der Waals surface area (Å²) in [6, 6.07) is 21.1. The molecule has 4 heteroatoms. The van der Waals surface area contributed by atoms with Crippen molar-refractivity contribution in [1.29, 1.82) is 0 Å². The molecule has 2 aromatic carbocycles. The first kappa shape index (κ1) is 36.0. The lowest BCUT2D eigenvalue weighted by Crippen LogP contribution is -2.32. The quantitative estimate of drug-likeness (QED) is 0.177. The van der Waals surface area contributed by atoms with Gasteiger partial charge in [-0.1, -0.05) is 115 Å². The van der Waals surface area contributed by atoms with Gasteiger partial charge in [0.1, 0.15) is 11.9 Å². The van der Waals surface area contributed by atoms with Crippen molar-refractivity contribution in [3.05, 3.63) is 108 Å². The van der Waals surface area contributed by atoms with E-state index in [4.69, 9.17) is 4.74 Å². The van der Waals surface area contributed by atoms with Gasteiger partial charge in [-0.3, -0.25) is 0 Å². The van der Waals surface area contributed by atoms with Crippen LogP contribution in [0.15, 0.2) is 96.5 Å². The summed E-state index contributed by atoms with van der Waals surface area (Å²) in [6.07, 6.45) is 5.75. The molecule has 0 amide bonds. The average Bonchev–Trinajstić information content (AvgIpc) is 2.95. The average molecular weight is 536 g/mol. The van der Waals surface area contributed by atoms with E-state index in [-0.39, 0.29) is 6.10 Å². The minimum atomic E-state index is 0.116. The highest BCUT2D eigenvalue weighted by atomic mass is 16.5. The third kappa shape index (κ3) is 16.6. The number of benzene rings is 2. The van der Waals surface area contributed by atoms with E-state index in [0.717, 1.165) is 56.4 Å². The highest BCUT2D eigenvalue weighted by Crippen LogP contribution is 2.20. The molecule has 0 aliphatic rings. The monoisotopic (exact) mass is 535 g/mol. The van der Waals surface area contributed by atoms with E-state index in [2.05, 4.69) is 118 Å². The second kappa shape index (κ2) is 23.0. The molecule has 0 aromatic heterocycles. The number of hydrogen-bond acceptors (Lipinski definition) is 4. The Morgan fingerprint density at radius 2 is 1.49 bits per heavy atom. The lowest BCUT2D eigenvalue weighted by atomic mass is 10.1. The fraction of sp³-hybridized carbons (Fsp3) is 0.486. The zero-order chi connectivity index (χ0) is 29.5. The zero-order valence-corrected chi connectivity index (χ0v) is 26.4. The number of nitrogens with zero attached hydrogens (tertiary/aromatic N) is 1. The molecule has 39 heavy (non-hydrogen) atoms. The molecule has 4 nitrogen and oxygen atoms in total. The zero-order valence-electron chi connectivity index (χ0n) is 26.4. The molecule has 0 radical (unpaired) electrons. The standard InChI is InChI=1S/C29H41N3O.C4H10.C2H6/c1-6-15-27(30-5)23-32(8-3)29(20-25-16-11-9-12-17-25)24(4)33-28(7-2)22-31-21-26-18-13-10-14-19-26;1-4(2)3;1-2/h6,9-19,28,30-31H,1,7-8,20-23H2,2-5H3;4H,1-3H3;1-2H3/b27-15-,29-24-;;. The van der Waals surface area contributed by atoms with Crippen molar-refractivity contribution in [2.24, 2.45) is 5.92 Å². The van der Waals surface area contributed by atoms with Crippen LogP contribution in [0.25, 0.3) is 0 Å². The Balaban J connectivity index is 0.00000220. The van der Waals surface area contributed by atoms with Crippen LogP contribution >= 0.6 is 0 Å². The van der Waals surface area contributed by atoms with Gasteiger partial charge in [0.2, 0.25) is 0 Å². The molecular formula is C35H57N3O. The van der Waals surface area contributed by atoms with Gasteiger partial charge in [-0.05, 0) is 43.4 Å². The van der Waals surface area contributed by atoms with E-state index in [1.807, 2.05) is 39.1 Å². The summed E-state index contributed by atoms with van der Waals surface area (Å²) in [5.74, 6) is 1.82. The number of nitrogens with one attached hydrogen (secondary N) is 2. The van der Waals surface area contributed by atoms with Crippen molar-refractivity contribution in [3.8, 4) is 0 Å². The van der Waals surface area contributed by atoms with Crippen molar-refractivity contribution in [1.82, 2.24) is 15.5 Å². The van der Waals surface area contributed by atoms with Crippen molar-refractivity contribution in [2.45, 2.75) is 80.9 Å². The van der Waals surface area contributed by atoms with Gasteiger partial charge >= 0.3 is 0 Å². The Bertz CT molecular complexity index is 917. The highest BCUT2D eigenvalue weighted by Gasteiger charge is 2.17. The number of allylic oxidation sites excluding steroid dienone is 4. The molecule has 1 unspecified atom stereocenters. The van der Waals surface area contributed by atoms with E-state index in [1.54, 1.807) is 0 Å². The van der Waals surface area contributed by atoms with Crippen LogP contribution in [0.3, 0.4) is 0 Å². The van der Waals surface area contributed by atoms with Crippen LogP contribution in [-0.4, -0.2) is 37.7 Å². The van der Waals surface area contributed by atoms with Crippen LogP contribution in [0, 0.1) is 5.92 Å². The van der Waals surface area contributed by atoms with E-state index in [1.165, 1.54) is 16.8 Å². The summed E-state index contributed by atoms with van der Waals surface area (Å²) in [5, 5.41) is 6.85. The lowest BCUT2D eigenvalue weighted by Gasteiger charge is -2.30. The molecule has 0 saturated heterocycles. The number of ether oxygens (including phenoxy) is 1. The normalized spacial score (nSPS) is 12.2. The molecule has 0 heterocycles. The van der Waals surface area contributed by atoms with E-state index < -0.39 is 0 Å². The summed E-state index contributed by atoms with van der Waals surface area (Å²) >= 11 is 0. The molecule has 0 spiro atoms. The molecule has 2 rings (SSSR count). The summed E-state index contributed by atoms with van der Waals surface area (Å²) < 4.78 is 6.55. The van der Waals surface area contributed by atoms with E-state index in [9.17, 15) is 0 Å². The molecule has 0 saturated carbocycles. The largest absolute Gasteiger partial charge is 0.492 e. The highest BCUT2D eigenvalue weighted by molar-refractivity contribution is 5.24. The van der Waals surface area contributed by atoms with Crippen LogP contribution in [0.4, 0.5) is 0 Å². The summed E-state index contributed by atoms with van der Waals surface area (Å²) in [7, 11) is 1.96. The maximum absolute atomic E-state index is 6.55. The Hall–Kier alpha value is -2.98. The van der Waals surface area contributed by atoms with Gasteiger partial charge in [0.05, 0.1) is 12.2 Å². The lowest BCUT2D eigenvalue weighted by molar-refractivity contribution is 0.103. The minimum Gasteiger partial charge on any atom is -0.492 e. The molecule has 218 valence electrons. The van der Waals surface area contributed by atoms with Crippen molar-refractivity contribution >= 4 is 0 Å². The van der Waals surface area contributed by atoms with Crippen LogP contribution in [0.5, 0.6) is 0 Å². The number of likely N-dealkylation sites (N-methyl/N-ethyl adjacent to an activating group) is 2. The molecule has 0 fully saturated rings. The predicted octanol–water partition coefficient (Wildman–Crippen LogP) is 8.35. The van der Waals surface area contributed by atoms with Crippen LogP contribution in [-0.2, 0) is 17.7 Å².